The molecule has 1 aromatic carbocycles. The average molecular weight is 290 g/mol. The van der Waals surface area contributed by atoms with Crippen molar-refractivity contribution in [3.63, 3.8) is 0 Å². The van der Waals surface area contributed by atoms with Crippen molar-refractivity contribution >= 4 is 11.6 Å². The van der Waals surface area contributed by atoms with E-state index in [4.69, 9.17) is 11.6 Å². The molecule has 3 rings (SSSR count). The minimum absolute atomic E-state index is 0.779. The monoisotopic (exact) mass is 289 g/mol. The molecule has 0 aliphatic heterocycles. The first-order valence-corrected chi connectivity index (χ1v) is 7.66. The van der Waals surface area contributed by atoms with Gasteiger partial charge >= 0.3 is 0 Å². The molecule has 1 aromatic heterocycles. The van der Waals surface area contributed by atoms with Gasteiger partial charge in [-0.15, -0.1) is 0 Å². The van der Waals surface area contributed by atoms with Crippen LogP contribution in [0.25, 0.3) is 0 Å². The second kappa shape index (κ2) is 6.42. The lowest BCUT2D eigenvalue weighted by molar-refractivity contribution is 0.644. The van der Waals surface area contributed by atoms with Gasteiger partial charge in [0.1, 0.15) is 0 Å². The summed E-state index contributed by atoms with van der Waals surface area (Å²) in [6.45, 7) is 1.89. The van der Waals surface area contributed by atoms with E-state index in [1.165, 1.54) is 30.4 Å². The van der Waals surface area contributed by atoms with Crippen LogP contribution in [0, 0.1) is 0 Å². The Kier molecular flexibility index (Phi) is 4.38. The van der Waals surface area contributed by atoms with E-state index in [0.29, 0.717) is 0 Å². The van der Waals surface area contributed by atoms with Crippen LogP contribution in [-0.4, -0.2) is 22.4 Å². The Hall–Kier alpha value is -1.32. The van der Waals surface area contributed by atoms with Crippen LogP contribution >= 0.6 is 11.6 Å². The van der Waals surface area contributed by atoms with Gasteiger partial charge in [-0.1, -0.05) is 23.7 Å². The predicted molar refractivity (Wildman–Crippen MR) is 82.1 cm³/mol. The van der Waals surface area contributed by atoms with E-state index in [1.54, 1.807) is 0 Å². The molecule has 1 fully saturated rings. The highest BCUT2D eigenvalue weighted by Gasteiger charge is 2.19. The first-order valence-electron chi connectivity index (χ1n) is 7.29. The van der Waals surface area contributed by atoms with Crippen LogP contribution in [0.2, 0.25) is 5.02 Å². The van der Waals surface area contributed by atoms with E-state index in [0.717, 1.165) is 30.6 Å². The smallest absolute Gasteiger partial charge is 0.0659 e. The Balaban J connectivity index is 1.48. The number of aryl methyl sites for hydroxylation is 1. The van der Waals surface area contributed by atoms with Crippen LogP contribution in [0.15, 0.2) is 36.7 Å². The molecule has 0 bridgehead atoms. The van der Waals surface area contributed by atoms with Crippen molar-refractivity contribution in [1.29, 1.82) is 0 Å². The standard InChI is InChI=1S/C16H20ClN3/c17-15-5-1-3-13(9-15)11-20-12-14(10-19-20)4-2-8-18-16-6-7-16/h1,3,5,9-10,12,16,18H,2,4,6-8,11H2. The zero-order chi connectivity index (χ0) is 13.8. The van der Waals surface area contributed by atoms with Gasteiger partial charge < -0.3 is 5.32 Å². The molecule has 0 spiro atoms. The summed E-state index contributed by atoms with van der Waals surface area (Å²) in [7, 11) is 0. The van der Waals surface area contributed by atoms with Crippen molar-refractivity contribution in [2.24, 2.45) is 0 Å². The first-order chi connectivity index (χ1) is 9.79. The molecule has 0 atom stereocenters. The van der Waals surface area contributed by atoms with Crippen molar-refractivity contribution in [2.75, 3.05) is 6.54 Å². The van der Waals surface area contributed by atoms with Crippen LogP contribution in [0.5, 0.6) is 0 Å². The number of rotatable bonds is 7. The topological polar surface area (TPSA) is 29.9 Å². The third-order valence-electron chi connectivity index (χ3n) is 3.57. The summed E-state index contributed by atoms with van der Waals surface area (Å²) >= 11 is 5.99. The Morgan fingerprint density at radius 3 is 3.00 bits per heavy atom. The van der Waals surface area contributed by atoms with Crippen LogP contribution in [-0.2, 0) is 13.0 Å². The number of nitrogens with one attached hydrogen (secondary N) is 1. The second-order valence-corrected chi connectivity index (χ2v) is 5.94. The first kappa shape index (κ1) is 13.7. The lowest BCUT2D eigenvalue weighted by atomic mass is 10.2. The molecule has 1 aliphatic carbocycles. The summed E-state index contributed by atoms with van der Waals surface area (Å²) in [5, 5.41) is 8.74. The lowest BCUT2D eigenvalue weighted by Crippen LogP contribution is -2.17. The molecular weight excluding hydrogens is 270 g/mol. The maximum absolute atomic E-state index is 5.99. The van der Waals surface area contributed by atoms with Gasteiger partial charge in [0.25, 0.3) is 0 Å². The highest BCUT2D eigenvalue weighted by atomic mass is 35.5. The fraction of sp³-hybridized carbons (Fsp3) is 0.438. The van der Waals surface area contributed by atoms with Gasteiger partial charge in [-0.2, -0.15) is 5.10 Å². The SMILES string of the molecule is Clc1cccc(Cn2cc(CCCNC3CC3)cn2)c1. The highest BCUT2D eigenvalue weighted by molar-refractivity contribution is 6.30. The highest BCUT2D eigenvalue weighted by Crippen LogP contribution is 2.18. The number of nitrogens with zero attached hydrogens (tertiary/aromatic N) is 2. The molecule has 20 heavy (non-hydrogen) atoms. The van der Waals surface area contributed by atoms with Crippen molar-refractivity contribution in [3.05, 3.63) is 52.8 Å². The maximum atomic E-state index is 5.99. The quantitative estimate of drug-likeness (QED) is 0.793. The molecule has 2 aromatic rings. The molecule has 4 heteroatoms. The molecular formula is C16H20ClN3. The third kappa shape index (κ3) is 4.09. The largest absolute Gasteiger partial charge is 0.314 e. The molecule has 1 N–H and O–H groups in total. The molecule has 0 amide bonds. The van der Waals surface area contributed by atoms with Crippen LogP contribution in [0.4, 0.5) is 0 Å². The fourth-order valence-corrected chi connectivity index (χ4v) is 2.54. The molecule has 0 saturated heterocycles. The molecule has 0 radical (unpaired) electrons. The zero-order valence-electron chi connectivity index (χ0n) is 11.6. The molecule has 106 valence electrons. The summed E-state index contributed by atoms with van der Waals surface area (Å²) in [6, 6.07) is 8.74. The van der Waals surface area contributed by atoms with Crippen LogP contribution in [0.1, 0.15) is 30.4 Å². The van der Waals surface area contributed by atoms with Gasteiger partial charge in [-0.3, -0.25) is 4.68 Å². The molecule has 1 saturated carbocycles. The van der Waals surface area contributed by atoms with Gasteiger partial charge in [0.05, 0.1) is 12.7 Å². The summed E-state index contributed by atoms with van der Waals surface area (Å²) in [5.41, 5.74) is 2.49. The lowest BCUT2D eigenvalue weighted by Gasteiger charge is -2.02. The van der Waals surface area contributed by atoms with Crippen LogP contribution in [0.3, 0.4) is 0 Å². The van der Waals surface area contributed by atoms with E-state index >= 15 is 0 Å². The van der Waals surface area contributed by atoms with E-state index in [-0.39, 0.29) is 0 Å². The number of benzene rings is 1. The number of halogens is 1. The minimum atomic E-state index is 0.779. The van der Waals surface area contributed by atoms with Gasteiger partial charge in [-0.25, -0.2) is 0 Å². The Bertz CT molecular complexity index is 560. The molecule has 1 heterocycles. The maximum Gasteiger partial charge on any atom is 0.0659 e. The number of hydrogen-bond donors (Lipinski definition) is 1. The molecule has 3 nitrogen and oxygen atoms in total. The second-order valence-electron chi connectivity index (χ2n) is 5.51. The van der Waals surface area contributed by atoms with Crippen molar-refractivity contribution in [2.45, 2.75) is 38.3 Å². The average Bonchev–Trinajstić information content (AvgIpc) is 3.15. The Morgan fingerprint density at radius 1 is 1.30 bits per heavy atom. The Labute approximate surface area is 124 Å². The molecule has 0 unspecified atom stereocenters. The van der Waals surface area contributed by atoms with Gasteiger partial charge in [-0.05, 0) is 55.5 Å². The van der Waals surface area contributed by atoms with E-state index in [9.17, 15) is 0 Å². The van der Waals surface area contributed by atoms with E-state index in [1.807, 2.05) is 29.1 Å². The van der Waals surface area contributed by atoms with Gasteiger partial charge in [0, 0.05) is 17.3 Å². The summed E-state index contributed by atoms with van der Waals surface area (Å²) in [6.07, 6.45) is 9.10. The normalized spacial score (nSPS) is 14.7. The molecule has 1 aliphatic rings. The van der Waals surface area contributed by atoms with Crippen molar-refractivity contribution in [1.82, 2.24) is 15.1 Å². The van der Waals surface area contributed by atoms with E-state index in [2.05, 4.69) is 22.7 Å². The summed E-state index contributed by atoms with van der Waals surface area (Å²) in [5.74, 6) is 0. The summed E-state index contributed by atoms with van der Waals surface area (Å²) < 4.78 is 1.98. The van der Waals surface area contributed by atoms with Crippen molar-refractivity contribution < 1.29 is 0 Å². The minimum Gasteiger partial charge on any atom is -0.314 e. The Morgan fingerprint density at radius 2 is 2.20 bits per heavy atom. The number of hydrogen-bond acceptors (Lipinski definition) is 2. The zero-order valence-corrected chi connectivity index (χ0v) is 12.3. The van der Waals surface area contributed by atoms with Gasteiger partial charge in [0.2, 0.25) is 0 Å². The van der Waals surface area contributed by atoms with Gasteiger partial charge in [0.15, 0.2) is 0 Å². The van der Waals surface area contributed by atoms with Crippen molar-refractivity contribution in [3.8, 4) is 0 Å². The fourth-order valence-electron chi connectivity index (χ4n) is 2.33. The van der Waals surface area contributed by atoms with E-state index < -0.39 is 0 Å². The van der Waals surface area contributed by atoms with Crippen LogP contribution < -0.4 is 5.32 Å². The predicted octanol–water partition coefficient (Wildman–Crippen LogP) is 3.27. The third-order valence-corrected chi connectivity index (χ3v) is 3.81. The number of aromatic nitrogens is 2. The summed E-state index contributed by atoms with van der Waals surface area (Å²) in [4.78, 5) is 0.